The first-order chi connectivity index (χ1) is 8.11. The summed E-state index contributed by atoms with van der Waals surface area (Å²) in [6.45, 7) is 5.19. The Morgan fingerprint density at radius 1 is 1.41 bits per heavy atom. The zero-order chi connectivity index (χ0) is 12.4. The fraction of sp³-hybridized carbons (Fsp3) is 0.462. The lowest BCUT2D eigenvalue weighted by Crippen LogP contribution is -2.50. The Hall–Kier alpha value is -1.24. The van der Waals surface area contributed by atoms with E-state index in [4.69, 9.17) is 16.9 Å². The molecule has 1 heterocycles. The first kappa shape index (κ1) is 12.2. The molecule has 90 valence electrons. The molecule has 1 fully saturated rings. The van der Waals surface area contributed by atoms with Crippen molar-refractivity contribution in [3.63, 3.8) is 0 Å². The van der Waals surface area contributed by atoms with Crippen molar-refractivity contribution in [1.82, 2.24) is 4.90 Å². The number of nitrogens with zero attached hydrogens (tertiary/aromatic N) is 3. The van der Waals surface area contributed by atoms with E-state index in [2.05, 4.69) is 29.8 Å². The van der Waals surface area contributed by atoms with E-state index >= 15 is 0 Å². The molecule has 0 aromatic heterocycles. The van der Waals surface area contributed by atoms with Crippen molar-refractivity contribution >= 4 is 17.3 Å². The molecular weight excluding hydrogens is 234 g/mol. The van der Waals surface area contributed by atoms with Crippen LogP contribution >= 0.6 is 11.6 Å². The minimum Gasteiger partial charge on any atom is -0.365 e. The van der Waals surface area contributed by atoms with Gasteiger partial charge in [0.25, 0.3) is 0 Å². The van der Waals surface area contributed by atoms with Crippen molar-refractivity contribution in [3.05, 3.63) is 28.8 Å². The van der Waals surface area contributed by atoms with E-state index in [-0.39, 0.29) is 0 Å². The number of benzene rings is 1. The zero-order valence-corrected chi connectivity index (χ0v) is 10.9. The van der Waals surface area contributed by atoms with Crippen molar-refractivity contribution in [2.45, 2.75) is 13.0 Å². The van der Waals surface area contributed by atoms with Crippen molar-refractivity contribution in [1.29, 1.82) is 5.26 Å². The molecule has 0 amide bonds. The molecule has 4 heteroatoms. The molecule has 1 aliphatic rings. The van der Waals surface area contributed by atoms with Gasteiger partial charge in [0.1, 0.15) is 6.07 Å². The summed E-state index contributed by atoms with van der Waals surface area (Å²) in [5.41, 5.74) is 1.66. The Labute approximate surface area is 107 Å². The van der Waals surface area contributed by atoms with Crippen LogP contribution in [0.2, 0.25) is 5.02 Å². The number of rotatable bonds is 1. The van der Waals surface area contributed by atoms with E-state index in [1.807, 2.05) is 12.1 Å². The topological polar surface area (TPSA) is 30.3 Å². The molecular formula is C13H16ClN3. The monoisotopic (exact) mass is 249 g/mol. The van der Waals surface area contributed by atoms with Gasteiger partial charge in [0.2, 0.25) is 0 Å². The van der Waals surface area contributed by atoms with Crippen LogP contribution in [-0.2, 0) is 0 Å². The number of hydrogen-bond acceptors (Lipinski definition) is 3. The van der Waals surface area contributed by atoms with Crippen LogP contribution in [-0.4, -0.2) is 37.6 Å². The number of nitriles is 1. The summed E-state index contributed by atoms with van der Waals surface area (Å²) in [6, 6.07) is 8.18. The van der Waals surface area contributed by atoms with Crippen molar-refractivity contribution in [3.8, 4) is 6.07 Å². The third-order valence-electron chi connectivity index (χ3n) is 3.22. The smallest absolute Gasteiger partial charge is 0.101 e. The SMILES string of the molecule is CC1CN(C)CCN1c1ccc(Cl)cc1C#N. The number of anilines is 1. The van der Waals surface area contributed by atoms with Crippen LogP contribution in [0.25, 0.3) is 0 Å². The van der Waals surface area contributed by atoms with Gasteiger partial charge in [-0.3, -0.25) is 0 Å². The minimum absolute atomic E-state index is 0.419. The number of halogens is 1. The lowest BCUT2D eigenvalue weighted by atomic mass is 10.1. The van der Waals surface area contributed by atoms with Crippen LogP contribution in [0.4, 0.5) is 5.69 Å². The average Bonchev–Trinajstić information content (AvgIpc) is 2.30. The molecule has 0 saturated carbocycles. The molecule has 0 N–H and O–H groups in total. The lowest BCUT2D eigenvalue weighted by molar-refractivity contribution is 0.275. The largest absolute Gasteiger partial charge is 0.365 e. The Balaban J connectivity index is 2.31. The zero-order valence-electron chi connectivity index (χ0n) is 10.2. The molecule has 0 spiro atoms. The molecule has 0 bridgehead atoms. The molecule has 0 radical (unpaired) electrons. The maximum atomic E-state index is 9.17. The minimum atomic E-state index is 0.419. The first-order valence-corrected chi connectivity index (χ1v) is 6.14. The normalized spacial score (nSPS) is 21.3. The van der Waals surface area contributed by atoms with Crippen molar-refractivity contribution < 1.29 is 0 Å². The van der Waals surface area contributed by atoms with Gasteiger partial charge in [-0.2, -0.15) is 5.26 Å². The van der Waals surface area contributed by atoms with Crippen molar-refractivity contribution in [2.24, 2.45) is 0 Å². The standard InChI is InChI=1S/C13H16ClN3/c1-10-9-16(2)5-6-17(10)13-4-3-12(14)7-11(13)8-15/h3-4,7,10H,5-6,9H2,1-2H3. The molecule has 1 aromatic carbocycles. The Morgan fingerprint density at radius 2 is 2.18 bits per heavy atom. The van der Waals surface area contributed by atoms with E-state index in [0.717, 1.165) is 25.3 Å². The van der Waals surface area contributed by atoms with Crippen LogP contribution in [0.3, 0.4) is 0 Å². The predicted octanol–water partition coefficient (Wildman–Crippen LogP) is 2.35. The van der Waals surface area contributed by atoms with E-state index < -0.39 is 0 Å². The van der Waals surface area contributed by atoms with E-state index in [1.54, 1.807) is 6.07 Å². The molecule has 2 rings (SSSR count). The lowest BCUT2D eigenvalue weighted by Gasteiger charge is -2.40. The van der Waals surface area contributed by atoms with Gasteiger partial charge in [-0.05, 0) is 32.2 Å². The molecule has 1 aromatic rings. The van der Waals surface area contributed by atoms with Crippen LogP contribution in [0.5, 0.6) is 0 Å². The Kier molecular flexibility index (Phi) is 3.56. The maximum Gasteiger partial charge on any atom is 0.101 e. The van der Waals surface area contributed by atoms with Gasteiger partial charge in [0.05, 0.1) is 11.3 Å². The molecule has 17 heavy (non-hydrogen) atoms. The molecule has 1 unspecified atom stereocenters. The second kappa shape index (κ2) is 4.95. The highest BCUT2D eigenvalue weighted by Gasteiger charge is 2.23. The molecule has 0 aliphatic carbocycles. The third kappa shape index (κ3) is 2.54. The molecule has 1 saturated heterocycles. The summed E-state index contributed by atoms with van der Waals surface area (Å²) in [6.07, 6.45) is 0. The fourth-order valence-electron chi connectivity index (χ4n) is 2.35. The fourth-order valence-corrected chi connectivity index (χ4v) is 2.52. The highest BCUT2D eigenvalue weighted by molar-refractivity contribution is 6.30. The summed E-state index contributed by atoms with van der Waals surface area (Å²) in [7, 11) is 2.13. The Morgan fingerprint density at radius 3 is 2.82 bits per heavy atom. The first-order valence-electron chi connectivity index (χ1n) is 5.76. The van der Waals surface area contributed by atoms with Crippen LogP contribution < -0.4 is 4.90 Å². The average molecular weight is 250 g/mol. The van der Waals surface area contributed by atoms with Crippen LogP contribution in [0, 0.1) is 11.3 Å². The molecule has 3 nitrogen and oxygen atoms in total. The van der Waals surface area contributed by atoms with Gasteiger partial charge < -0.3 is 9.80 Å². The van der Waals surface area contributed by atoms with Gasteiger partial charge in [-0.1, -0.05) is 11.6 Å². The van der Waals surface area contributed by atoms with Gasteiger partial charge in [0.15, 0.2) is 0 Å². The summed E-state index contributed by atoms with van der Waals surface area (Å²) in [5.74, 6) is 0. The van der Waals surface area contributed by atoms with Crippen LogP contribution in [0.15, 0.2) is 18.2 Å². The highest BCUT2D eigenvalue weighted by Crippen LogP contribution is 2.26. The van der Waals surface area contributed by atoms with E-state index in [0.29, 0.717) is 16.6 Å². The van der Waals surface area contributed by atoms with Crippen molar-refractivity contribution in [2.75, 3.05) is 31.6 Å². The Bertz CT molecular complexity index is 452. The van der Waals surface area contributed by atoms with E-state index in [1.165, 1.54) is 0 Å². The maximum absolute atomic E-state index is 9.17. The van der Waals surface area contributed by atoms with Gasteiger partial charge in [-0.25, -0.2) is 0 Å². The quantitative estimate of drug-likeness (QED) is 0.766. The second-order valence-corrected chi connectivity index (χ2v) is 5.01. The second-order valence-electron chi connectivity index (χ2n) is 4.58. The van der Waals surface area contributed by atoms with Gasteiger partial charge in [0, 0.05) is 30.7 Å². The number of hydrogen-bond donors (Lipinski definition) is 0. The predicted molar refractivity (Wildman–Crippen MR) is 70.5 cm³/mol. The summed E-state index contributed by atoms with van der Waals surface area (Å²) >= 11 is 5.92. The number of likely N-dealkylation sites (N-methyl/N-ethyl adjacent to an activating group) is 1. The van der Waals surface area contributed by atoms with Gasteiger partial charge in [-0.15, -0.1) is 0 Å². The van der Waals surface area contributed by atoms with Gasteiger partial charge >= 0.3 is 0 Å². The molecule has 1 aliphatic heterocycles. The summed E-state index contributed by atoms with van der Waals surface area (Å²) < 4.78 is 0. The highest BCUT2D eigenvalue weighted by atomic mass is 35.5. The van der Waals surface area contributed by atoms with E-state index in [9.17, 15) is 0 Å². The summed E-state index contributed by atoms with van der Waals surface area (Å²) in [4.78, 5) is 4.60. The molecule has 1 atom stereocenters. The number of piperazine rings is 1. The summed E-state index contributed by atoms with van der Waals surface area (Å²) in [5, 5.41) is 9.78. The van der Waals surface area contributed by atoms with Crippen LogP contribution in [0.1, 0.15) is 12.5 Å². The third-order valence-corrected chi connectivity index (χ3v) is 3.45.